The molecule has 2 rings (SSSR count). The maximum absolute atomic E-state index is 13.0. The summed E-state index contributed by atoms with van der Waals surface area (Å²) < 4.78 is 42.4. The number of nitrogens with one attached hydrogen (secondary N) is 1. The lowest BCUT2D eigenvalue weighted by molar-refractivity contribution is -0.129. The summed E-state index contributed by atoms with van der Waals surface area (Å²) >= 11 is 0. The van der Waals surface area contributed by atoms with Crippen molar-refractivity contribution >= 4 is 15.9 Å². The smallest absolute Gasteiger partial charge is 0.258 e. The summed E-state index contributed by atoms with van der Waals surface area (Å²) in [5, 5.41) is 8.83. The number of amides is 1. The van der Waals surface area contributed by atoms with Crippen LogP contribution >= 0.6 is 0 Å². The highest BCUT2D eigenvalue weighted by Gasteiger charge is 2.27. The molecule has 10 heteroatoms. The lowest BCUT2D eigenvalue weighted by Crippen LogP contribution is -2.39. The van der Waals surface area contributed by atoms with E-state index in [1.807, 2.05) is 0 Å². The average molecular weight is 410 g/mol. The van der Waals surface area contributed by atoms with Crippen LogP contribution in [-0.4, -0.2) is 51.7 Å². The third kappa shape index (κ3) is 4.91. The number of carbonyl (C=O) groups excluding carboxylic acids is 1. The second-order valence-electron chi connectivity index (χ2n) is 5.67. The van der Waals surface area contributed by atoms with Crippen LogP contribution in [0.15, 0.2) is 47.4 Å². The van der Waals surface area contributed by atoms with E-state index in [2.05, 4.69) is 0 Å². The van der Waals surface area contributed by atoms with Crippen molar-refractivity contribution in [2.75, 3.05) is 27.9 Å². The fourth-order valence-electron chi connectivity index (χ4n) is 2.50. The van der Waals surface area contributed by atoms with Gasteiger partial charge in [0.15, 0.2) is 11.5 Å². The molecule has 0 saturated carbocycles. The normalized spacial score (nSPS) is 11.2. The fraction of sp³-hybridized carbons (Fsp3) is 0.278. The van der Waals surface area contributed by atoms with Crippen molar-refractivity contribution in [1.29, 1.82) is 0 Å². The van der Waals surface area contributed by atoms with Gasteiger partial charge in [0.25, 0.3) is 5.91 Å². The molecular weight excluding hydrogens is 388 g/mol. The van der Waals surface area contributed by atoms with Crippen LogP contribution in [0.3, 0.4) is 0 Å². The minimum Gasteiger partial charge on any atom is -0.497 e. The zero-order chi connectivity index (χ0) is 20.7. The third-order valence-electron chi connectivity index (χ3n) is 3.95. The molecule has 1 amide bonds. The van der Waals surface area contributed by atoms with Gasteiger partial charge in [-0.2, -0.15) is 4.31 Å². The molecule has 0 aromatic heterocycles. The van der Waals surface area contributed by atoms with Gasteiger partial charge in [0, 0.05) is 6.54 Å². The van der Waals surface area contributed by atoms with Gasteiger partial charge in [-0.25, -0.2) is 13.9 Å². The first-order valence-electron chi connectivity index (χ1n) is 8.13. The Labute approximate surface area is 163 Å². The minimum absolute atomic E-state index is 0.0143. The molecule has 0 heterocycles. The standard InChI is InChI=1S/C18H22N2O7S/c1-25-14-5-7-15(8-6-14)28(23,24)20(12-18(21)19-22)11-13-4-9-16(26-2)17(10-13)27-3/h4-10,22H,11-12H2,1-3H3,(H,19,21). The van der Waals surface area contributed by atoms with Crippen molar-refractivity contribution in [2.45, 2.75) is 11.4 Å². The summed E-state index contributed by atoms with van der Waals surface area (Å²) in [5.74, 6) is 0.549. The predicted octanol–water partition coefficient (Wildman–Crippen LogP) is 1.41. The van der Waals surface area contributed by atoms with Crippen LogP contribution in [0.1, 0.15) is 5.56 Å². The Hall–Kier alpha value is -2.82. The Morgan fingerprint density at radius 1 is 1.00 bits per heavy atom. The molecule has 0 bridgehead atoms. The first kappa shape index (κ1) is 21.5. The highest BCUT2D eigenvalue weighted by Crippen LogP contribution is 2.29. The van der Waals surface area contributed by atoms with E-state index in [-0.39, 0.29) is 11.4 Å². The number of methoxy groups -OCH3 is 3. The molecular formula is C18H22N2O7S. The minimum atomic E-state index is -4.03. The van der Waals surface area contributed by atoms with Crippen molar-refractivity contribution in [3.8, 4) is 17.2 Å². The van der Waals surface area contributed by atoms with Gasteiger partial charge < -0.3 is 14.2 Å². The molecule has 0 aliphatic heterocycles. The van der Waals surface area contributed by atoms with E-state index >= 15 is 0 Å². The molecule has 0 aliphatic rings. The molecule has 0 unspecified atom stereocenters. The molecule has 152 valence electrons. The number of hydrogen-bond acceptors (Lipinski definition) is 7. The van der Waals surface area contributed by atoms with Crippen molar-refractivity contribution in [3.05, 3.63) is 48.0 Å². The van der Waals surface area contributed by atoms with Gasteiger partial charge in [-0.15, -0.1) is 0 Å². The summed E-state index contributed by atoms with van der Waals surface area (Å²) in [5.41, 5.74) is 2.02. The lowest BCUT2D eigenvalue weighted by atomic mass is 10.2. The first-order chi connectivity index (χ1) is 13.3. The van der Waals surface area contributed by atoms with Gasteiger partial charge in [0.1, 0.15) is 5.75 Å². The van der Waals surface area contributed by atoms with Crippen LogP contribution in [-0.2, 0) is 21.4 Å². The Morgan fingerprint density at radius 3 is 2.18 bits per heavy atom. The Kier molecular flexibility index (Phi) is 7.21. The van der Waals surface area contributed by atoms with Crippen molar-refractivity contribution in [2.24, 2.45) is 0 Å². The summed E-state index contributed by atoms with van der Waals surface area (Å²) in [7, 11) is 0.394. The van der Waals surface area contributed by atoms with Gasteiger partial charge in [-0.05, 0) is 42.0 Å². The summed E-state index contributed by atoms with van der Waals surface area (Å²) in [6, 6.07) is 10.7. The van der Waals surface area contributed by atoms with E-state index in [0.29, 0.717) is 22.8 Å². The highest BCUT2D eigenvalue weighted by atomic mass is 32.2. The Balaban J connectivity index is 2.39. The van der Waals surface area contributed by atoms with Gasteiger partial charge in [-0.1, -0.05) is 6.07 Å². The quantitative estimate of drug-likeness (QED) is 0.474. The summed E-state index contributed by atoms with van der Waals surface area (Å²) in [6.45, 7) is -0.693. The van der Waals surface area contributed by atoms with E-state index in [0.717, 1.165) is 4.31 Å². The summed E-state index contributed by atoms with van der Waals surface area (Å²) in [4.78, 5) is 11.7. The van der Waals surface area contributed by atoms with Crippen LogP contribution in [0.5, 0.6) is 17.2 Å². The zero-order valence-electron chi connectivity index (χ0n) is 15.7. The molecule has 0 fully saturated rings. The number of benzene rings is 2. The number of ether oxygens (including phenoxy) is 3. The number of hydroxylamine groups is 1. The maximum atomic E-state index is 13.0. The maximum Gasteiger partial charge on any atom is 0.258 e. The largest absolute Gasteiger partial charge is 0.497 e. The average Bonchev–Trinajstić information content (AvgIpc) is 2.72. The van der Waals surface area contributed by atoms with Crippen LogP contribution in [0.2, 0.25) is 0 Å². The molecule has 0 spiro atoms. The highest BCUT2D eigenvalue weighted by molar-refractivity contribution is 7.89. The predicted molar refractivity (Wildman–Crippen MR) is 100 cm³/mol. The molecule has 0 aliphatic carbocycles. The van der Waals surface area contributed by atoms with Crippen LogP contribution in [0.25, 0.3) is 0 Å². The Morgan fingerprint density at radius 2 is 1.64 bits per heavy atom. The molecule has 0 atom stereocenters. The second kappa shape index (κ2) is 9.40. The zero-order valence-corrected chi connectivity index (χ0v) is 16.5. The number of rotatable bonds is 9. The van der Waals surface area contributed by atoms with Gasteiger partial charge >= 0.3 is 0 Å². The second-order valence-corrected chi connectivity index (χ2v) is 7.61. The first-order valence-corrected chi connectivity index (χ1v) is 9.57. The van der Waals surface area contributed by atoms with Crippen LogP contribution in [0.4, 0.5) is 0 Å². The molecule has 2 N–H and O–H groups in total. The molecule has 9 nitrogen and oxygen atoms in total. The monoisotopic (exact) mass is 410 g/mol. The molecule has 2 aromatic rings. The van der Waals surface area contributed by atoms with Gasteiger partial charge in [-0.3, -0.25) is 10.0 Å². The lowest BCUT2D eigenvalue weighted by Gasteiger charge is -2.22. The topological polar surface area (TPSA) is 114 Å². The van der Waals surface area contributed by atoms with E-state index in [9.17, 15) is 13.2 Å². The van der Waals surface area contributed by atoms with Crippen molar-refractivity contribution < 1.29 is 32.6 Å². The van der Waals surface area contributed by atoms with Crippen molar-refractivity contribution in [3.63, 3.8) is 0 Å². The van der Waals surface area contributed by atoms with Crippen molar-refractivity contribution in [1.82, 2.24) is 9.79 Å². The number of carbonyl (C=O) groups is 1. The molecule has 0 radical (unpaired) electrons. The van der Waals surface area contributed by atoms with Crippen LogP contribution < -0.4 is 19.7 Å². The molecule has 0 saturated heterocycles. The summed E-state index contributed by atoms with van der Waals surface area (Å²) in [6.07, 6.45) is 0. The third-order valence-corrected chi connectivity index (χ3v) is 5.75. The number of nitrogens with zero attached hydrogens (tertiary/aromatic N) is 1. The van der Waals surface area contributed by atoms with Gasteiger partial charge in [0.2, 0.25) is 10.0 Å². The van der Waals surface area contributed by atoms with E-state index in [4.69, 9.17) is 19.4 Å². The van der Waals surface area contributed by atoms with E-state index in [1.54, 1.807) is 18.2 Å². The van der Waals surface area contributed by atoms with Gasteiger partial charge in [0.05, 0.1) is 32.8 Å². The van der Waals surface area contributed by atoms with Crippen LogP contribution in [0, 0.1) is 0 Å². The number of hydrogen-bond donors (Lipinski definition) is 2. The molecule has 28 heavy (non-hydrogen) atoms. The SMILES string of the molecule is COc1ccc(S(=O)(=O)N(CC(=O)NO)Cc2ccc(OC)c(OC)c2)cc1. The fourth-order valence-corrected chi connectivity index (χ4v) is 3.89. The number of sulfonamides is 1. The molecule has 2 aromatic carbocycles. The Bertz CT molecular complexity index is 914. The van der Waals surface area contributed by atoms with E-state index in [1.165, 1.54) is 51.1 Å². The van der Waals surface area contributed by atoms with E-state index < -0.39 is 22.5 Å².